The summed E-state index contributed by atoms with van der Waals surface area (Å²) in [6.45, 7) is 2.03. The van der Waals surface area contributed by atoms with Gasteiger partial charge < -0.3 is 10.2 Å². The number of hydrogen-bond acceptors (Lipinski definition) is 4. The van der Waals surface area contributed by atoms with Gasteiger partial charge in [0.2, 0.25) is 11.8 Å². The maximum atomic E-state index is 12.5. The summed E-state index contributed by atoms with van der Waals surface area (Å²) in [5, 5.41) is 14.1. The summed E-state index contributed by atoms with van der Waals surface area (Å²) < 4.78 is 0. The van der Waals surface area contributed by atoms with Gasteiger partial charge in [-0.15, -0.1) is 0 Å². The van der Waals surface area contributed by atoms with Gasteiger partial charge in [-0.1, -0.05) is 17.7 Å². The Kier molecular flexibility index (Phi) is 4.90. The van der Waals surface area contributed by atoms with E-state index in [2.05, 4.69) is 5.32 Å². The molecule has 7 nitrogen and oxygen atoms in total. The summed E-state index contributed by atoms with van der Waals surface area (Å²) in [6, 6.07) is 10.9. The van der Waals surface area contributed by atoms with Gasteiger partial charge in [-0.25, -0.2) is 0 Å². The maximum absolute atomic E-state index is 12.5. The van der Waals surface area contributed by atoms with Crippen LogP contribution in [0.4, 0.5) is 17.1 Å². The molecule has 2 aromatic rings. The summed E-state index contributed by atoms with van der Waals surface area (Å²) in [6.07, 6.45) is 0.0857. The predicted molar refractivity (Wildman–Crippen MR) is 98.4 cm³/mol. The van der Waals surface area contributed by atoms with Gasteiger partial charge in [0, 0.05) is 41.5 Å². The second-order valence-electron chi connectivity index (χ2n) is 6.08. The van der Waals surface area contributed by atoms with E-state index < -0.39 is 10.8 Å². The van der Waals surface area contributed by atoms with Crippen molar-refractivity contribution < 1.29 is 14.5 Å². The van der Waals surface area contributed by atoms with Crippen molar-refractivity contribution in [2.45, 2.75) is 13.3 Å². The van der Waals surface area contributed by atoms with Crippen molar-refractivity contribution in [1.29, 1.82) is 0 Å². The Morgan fingerprint density at radius 2 is 1.96 bits per heavy atom. The molecule has 0 spiro atoms. The molecule has 26 heavy (non-hydrogen) atoms. The van der Waals surface area contributed by atoms with E-state index >= 15 is 0 Å². The van der Waals surface area contributed by atoms with Crippen LogP contribution >= 0.6 is 11.6 Å². The number of carbonyl (C=O) groups is 2. The summed E-state index contributed by atoms with van der Waals surface area (Å²) in [4.78, 5) is 36.5. The SMILES string of the molecule is Cc1c(Cl)cccc1NC(=O)[C@H]1CC(=O)N(c2ccc([N+](=O)[O-])cc2)C1. The van der Waals surface area contributed by atoms with E-state index in [1.54, 1.807) is 25.1 Å². The number of benzene rings is 2. The van der Waals surface area contributed by atoms with E-state index in [0.717, 1.165) is 5.56 Å². The number of halogens is 1. The molecule has 0 aliphatic carbocycles. The van der Waals surface area contributed by atoms with Crippen molar-refractivity contribution >= 4 is 40.5 Å². The van der Waals surface area contributed by atoms with E-state index in [4.69, 9.17) is 11.6 Å². The van der Waals surface area contributed by atoms with E-state index in [-0.39, 0.29) is 30.5 Å². The second-order valence-corrected chi connectivity index (χ2v) is 6.49. The number of nitro benzene ring substituents is 1. The molecule has 1 heterocycles. The Balaban J connectivity index is 1.71. The maximum Gasteiger partial charge on any atom is 0.269 e. The number of non-ortho nitro benzene ring substituents is 1. The van der Waals surface area contributed by atoms with Crippen LogP contribution in [0.25, 0.3) is 0 Å². The molecule has 1 fully saturated rings. The Morgan fingerprint density at radius 1 is 1.27 bits per heavy atom. The van der Waals surface area contributed by atoms with Gasteiger partial charge in [0.25, 0.3) is 5.69 Å². The van der Waals surface area contributed by atoms with Gasteiger partial charge in [-0.2, -0.15) is 0 Å². The zero-order valence-electron chi connectivity index (χ0n) is 13.9. The van der Waals surface area contributed by atoms with Gasteiger partial charge in [0.1, 0.15) is 0 Å². The number of nitrogens with one attached hydrogen (secondary N) is 1. The molecule has 1 saturated heterocycles. The Bertz CT molecular complexity index is 883. The highest BCUT2D eigenvalue weighted by atomic mass is 35.5. The number of nitrogens with zero attached hydrogens (tertiary/aromatic N) is 2. The number of nitro groups is 1. The van der Waals surface area contributed by atoms with Crippen LogP contribution in [-0.2, 0) is 9.59 Å². The van der Waals surface area contributed by atoms with Crippen LogP contribution in [0, 0.1) is 23.0 Å². The summed E-state index contributed by atoms with van der Waals surface area (Å²) in [5.74, 6) is -0.953. The smallest absolute Gasteiger partial charge is 0.269 e. The van der Waals surface area contributed by atoms with E-state index in [1.165, 1.54) is 29.2 Å². The number of anilines is 2. The number of rotatable bonds is 4. The van der Waals surface area contributed by atoms with Crippen LogP contribution in [0.5, 0.6) is 0 Å². The third-order valence-electron chi connectivity index (χ3n) is 4.39. The lowest BCUT2D eigenvalue weighted by atomic mass is 10.1. The molecule has 1 aliphatic rings. The number of amides is 2. The van der Waals surface area contributed by atoms with Crippen molar-refractivity contribution in [3.05, 3.63) is 63.2 Å². The summed E-state index contributed by atoms with van der Waals surface area (Å²) in [5.41, 5.74) is 1.86. The van der Waals surface area contributed by atoms with Crippen LogP contribution in [0.1, 0.15) is 12.0 Å². The molecule has 1 aliphatic heterocycles. The zero-order chi connectivity index (χ0) is 18.8. The molecule has 8 heteroatoms. The molecule has 3 rings (SSSR count). The van der Waals surface area contributed by atoms with E-state index in [0.29, 0.717) is 16.4 Å². The minimum absolute atomic E-state index is 0.0499. The Morgan fingerprint density at radius 3 is 2.62 bits per heavy atom. The molecule has 2 aromatic carbocycles. The normalized spacial score (nSPS) is 16.6. The van der Waals surface area contributed by atoms with Gasteiger partial charge >= 0.3 is 0 Å². The van der Waals surface area contributed by atoms with Crippen LogP contribution in [0.3, 0.4) is 0 Å². The first kappa shape index (κ1) is 17.9. The first-order valence-electron chi connectivity index (χ1n) is 7.97. The first-order chi connectivity index (χ1) is 12.4. The van der Waals surface area contributed by atoms with Crippen molar-refractivity contribution in [3.63, 3.8) is 0 Å². The monoisotopic (exact) mass is 373 g/mol. The lowest BCUT2D eigenvalue weighted by Gasteiger charge is -2.17. The Labute approximate surface area is 154 Å². The van der Waals surface area contributed by atoms with Crippen molar-refractivity contribution in [2.75, 3.05) is 16.8 Å². The number of hydrogen-bond donors (Lipinski definition) is 1. The molecule has 134 valence electrons. The number of carbonyl (C=O) groups excluding carboxylic acids is 2. The van der Waals surface area contributed by atoms with Gasteiger partial charge in [0.05, 0.1) is 10.8 Å². The second kappa shape index (κ2) is 7.13. The standard InChI is InChI=1S/C18H16ClN3O4/c1-11-15(19)3-2-4-16(11)20-18(24)12-9-17(23)21(10-12)13-5-7-14(8-6-13)22(25)26/h2-8,12H,9-10H2,1H3,(H,20,24)/t12-/m0/s1. The van der Waals surface area contributed by atoms with Gasteiger partial charge in [0.15, 0.2) is 0 Å². The average molecular weight is 374 g/mol. The minimum atomic E-state index is -0.504. The van der Waals surface area contributed by atoms with Crippen LogP contribution < -0.4 is 10.2 Å². The minimum Gasteiger partial charge on any atom is -0.325 e. The highest BCUT2D eigenvalue weighted by Gasteiger charge is 2.35. The lowest BCUT2D eigenvalue weighted by Crippen LogP contribution is -2.28. The van der Waals surface area contributed by atoms with Crippen molar-refractivity contribution in [1.82, 2.24) is 0 Å². The summed E-state index contributed by atoms with van der Waals surface area (Å²) >= 11 is 6.06. The molecule has 1 atom stereocenters. The highest BCUT2D eigenvalue weighted by Crippen LogP contribution is 2.29. The predicted octanol–water partition coefficient (Wildman–Crippen LogP) is 3.55. The topological polar surface area (TPSA) is 92.6 Å². The molecule has 0 aromatic heterocycles. The molecular weight excluding hydrogens is 358 g/mol. The molecule has 2 amide bonds. The average Bonchev–Trinajstić information content (AvgIpc) is 3.01. The van der Waals surface area contributed by atoms with Crippen molar-refractivity contribution in [2.24, 2.45) is 5.92 Å². The molecule has 0 bridgehead atoms. The molecule has 0 radical (unpaired) electrons. The molecule has 0 unspecified atom stereocenters. The molecular formula is C18H16ClN3O4. The van der Waals surface area contributed by atoms with Gasteiger partial charge in [-0.3, -0.25) is 19.7 Å². The quantitative estimate of drug-likeness (QED) is 0.655. The third-order valence-corrected chi connectivity index (χ3v) is 4.80. The Hall–Kier alpha value is -2.93. The van der Waals surface area contributed by atoms with Crippen LogP contribution in [0.15, 0.2) is 42.5 Å². The van der Waals surface area contributed by atoms with Crippen LogP contribution in [-0.4, -0.2) is 23.3 Å². The third kappa shape index (κ3) is 3.52. The fourth-order valence-electron chi connectivity index (χ4n) is 2.86. The van der Waals surface area contributed by atoms with E-state index in [1.807, 2.05) is 0 Å². The lowest BCUT2D eigenvalue weighted by molar-refractivity contribution is -0.384. The summed E-state index contributed by atoms with van der Waals surface area (Å²) in [7, 11) is 0. The fraction of sp³-hybridized carbons (Fsp3) is 0.222. The van der Waals surface area contributed by atoms with E-state index in [9.17, 15) is 19.7 Å². The van der Waals surface area contributed by atoms with Crippen molar-refractivity contribution in [3.8, 4) is 0 Å². The molecule has 1 N–H and O–H groups in total. The van der Waals surface area contributed by atoms with Gasteiger partial charge in [-0.05, 0) is 36.8 Å². The molecule has 0 saturated carbocycles. The zero-order valence-corrected chi connectivity index (χ0v) is 14.7. The van der Waals surface area contributed by atoms with Crippen LogP contribution in [0.2, 0.25) is 5.02 Å². The highest BCUT2D eigenvalue weighted by molar-refractivity contribution is 6.31. The fourth-order valence-corrected chi connectivity index (χ4v) is 3.04. The largest absolute Gasteiger partial charge is 0.325 e. The first-order valence-corrected chi connectivity index (χ1v) is 8.35.